The van der Waals surface area contributed by atoms with Crippen molar-refractivity contribution in [2.75, 3.05) is 19.5 Å². The van der Waals surface area contributed by atoms with Crippen molar-refractivity contribution >= 4 is 33.7 Å². The Hall–Kier alpha value is -3.32. The molecule has 0 spiro atoms. The van der Waals surface area contributed by atoms with Gasteiger partial charge in [0.1, 0.15) is 17.9 Å². The van der Waals surface area contributed by atoms with Crippen molar-refractivity contribution in [3.63, 3.8) is 0 Å². The van der Waals surface area contributed by atoms with Gasteiger partial charge in [-0.1, -0.05) is 32.8 Å². The Morgan fingerprint density at radius 3 is 2.38 bits per heavy atom. The molecule has 0 saturated carbocycles. The minimum absolute atomic E-state index is 0.143. The summed E-state index contributed by atoms with van der Waals surface area (Å²) < 4.78 is 17.7. The van der Waals surface area contributed by atoms with E-state index in [4.69, 9.17) is 14.2 Å². The lowest BCUT2D eigenvalue weighted by atomic mass is 10.1. The van der Waals surface area contributed by atoms with Crippen LogP contribution in [-0.2, 0) is 0 Å². The molecule has 0 unspecified atom stereocenters. The molecule has 0 saturated heterocycles. The van der Waals surface area contributed by atoms with E-state index >= 15 is 0 Å². The van der Waals surface area contributed by atoms with E-state index in [0.717, 1.165) is 53.6 Å². The lowest BCUT2D eigenvalue weighted by Crippen LogP contribution is -2.16. The van der Waals surface area contributed by atoms with E-state index in [9.17, 15) is 0 Å². The summed E-state index contributed by atoms with van der Waals surface area (Å²) in [5.74, 6) is 2.80. The molecule has 2 aromatic heterocycles. The van der Waals surface area contributed by atoms with E-state index in [1.165, 1.54) is 4.88 Å². The fraction of sp³-hybridized carbons (Fsp3) is 0.333. The SMILES string of the molecule is CCCC(CCC)Oc1cc2c(Nc3cc(-c4cccs4)ccc3OC)ncnc2cc1OC. The second-order valence-corrected chi connectivity index (χ2v) is 9.02. The highest BCUT2D eigenvalue weighted by molar-refractivity contribution is 7.13. The smallest absolute Gasteiger partial charge is 0.162 e. The third kappa shape index (κ3) is 5.25. The van der Waals surface area contributed by atoms with E-state index in [2.05, 4.69) is 58.8 Å². The third-order valence-electron chi connectivity index (χ3n) is 5.69. The molecule has 0 aliphatic carbocycles. The molecule has 2 aromatic carbocycles. The maximum absolute atomic E-state index is 6.41. The van der Waals surface area contributed by atoms with Gasteiger partial charge in [-0.15, -0.1) is 11.3 Å². The summed E-state index contributed by atoms with van der Waals surface area (Å²) in [6.07, 6.45) is 5.83. The first-order valence-electron chi connectivity index (χ1n) is 11.6. The van der Waals surface area contributed by atoms with Gasteiger partial charge in [0.25, 0.3) is 0 Å². The third-order valence-corrected chi connectivity index (χ3v) is 6.61. The molecule has 0 amide bonds. The minimum atomic E-state index is 0.143. The molecule has 0 radical (unpaired) electrons. The van der Waals surface area contributed by atoms with Crippen molar-refractivity contribution in [3.8, 4) is 27.7 Å². The molecule has 0 bridgehead atoms. The van der Waals surface area contributed by atoms with E-state index in [1.54, 1.807) is 31.9 Å². The fourth-order valence-corrected chi connectivity index (χ4v) is 4.75. The number of hydrogen-bond acceptors (Lipinski definition) is 7. The molecule has 4 rings (SSSR count). The summed E-state index contributed by atoms with van der Waals surface area (Å²) in [5.41, 5.74) is 2.73. The fourth-order valence-electron chi connectivity index (χ4n) is 4.03. The highest BCUT2D eigenvalue weighted by Gasteiger charge is 2.17. The second kappa shape index (κ2) is 11.2. The number of aromatic nitrogens is 2. The van der Waals surface area contributed by atoms with Gasteiger partial charge in [0.15, 0.2) is 11.5 Å². The van der Waals surface area contributed by atoms with Gasteiger partial charge in [0, 0.05) is 16.3 Å². The number of hydrogen-bond donors (Lipinski definition) is 1. The van der Waals surface area contributed by atoms with E-state index in [0.29, 0.717) is 17.3 Å². The number of rotatable bonds is 11. The Morgan fingerprint density at radius 2 is 1.71 bits per heavy atom. The molecule has 0 fully saturated rings. The van der Waals surface area contributed by atoms with E-state index in [-0.39, 0.29) is 6.10 Å². The molecule has 178 valence electrons. The lowest BCUT2D eigenvalue weighted by Gasteiger charge is -2.20. The maximum Gasteiger partial charge on any atom is 0.162 e. The molecular formula is C27H31N3O3S. The van der Waals surface area contributed by atoms with Crippen molar-refractivity contribution in [3.05, 3.63) is 54.2 Å². The van der Waals surface area contributed by atoms with Crippen LogP contribution < -0.4 is 19.5 Å². The van der Waals surface area contributed by atoms with Crippen molar-refractivity contribution in [1.82, 2.24) is 9.97 Å². The Labute approximate surface area is 204 Å². The van der Waals surface area contributed by atoms with Gasteiger partial charge < -0.3 is 19.5 Å². The van der Waals surface area contributed by atoms with Crippen LogP contribution in [0.5, 0.6) is 17.2 Å². The van der Waals surface area contributed by atoms with Crippen LogP contribution >= 0.6 is 11.3 Å². The molecule has 0 atom stereocenters. The van der Waals surface area contributed by atoms with Gasteiger partial charge in [-0.3, -0.25) is 0 Å². The summed E-state index contributed by atoms with van der Waals surface area (Å²) in [5, 5.41) is 6.40. The van der Waals surface area contributed by atoms with Gasteiger partial charge in [-0.25, -0.2) is 9.97 Å². The first kappa shape index (κ1) is 23.8. The number of fused-ring (bicyclic) bond motifs is 1. The molecule has 34 heavy (non-hydrogen) atoms. The zero-order valence-electron chi connectivity index (χ0n) is 20.1. The minimum Gasteiger partial charge on any atom is -0.495 e. The Bertz CT molecular complexity index is 1220. The normalized spacial score (nSPS) is 11.1. The van der Waals surface area contributed by atoms with Gasteiger partial charge in [-0.05, 0) is 54.1 Å². The van der Waals surface area contributed by atoms with Gasteiger partial charge in [0.05, 0.1) is 31.5 Å². The summed E-state index contributed by atoms with van der Waals surface area (Å²) in [7, 11) is 3.33. The van der Waals surface area contributed by atoms with Crippen molar-refractivity contribution < 1.29 is 14.2 Å². The summed E-state index contributed by atoms with van der Waals surface area (Å²) in [4.78, 5) is 10.2. The number of methoxy groups -OCH3 is 2. The van der Waals surface area contributed by atoms with Crippen molar-refractivity contribution in [1.29, 1.82) is 0 Å². The van der Waals surface area contributed by atoms with Crippen LogP contribution in [0.3, 0.4) is 0 Å². The van der Waals surface area contributed by atoms with Crippen molar-refractivity contribution in [2.45, 2.75) is 45.6 Å². The summed E-state index contributed by atoms with van der Waals surface area (Å²) >= 11 is 1.70. The number of nitrogens with zero attached hydrogens (tertiary/aromatic N) is 2. The molecule has 6 nitrogen and oxygen atoms in total. The first-order valence-corrected chi connectivity index (χ1v) is 12.5. The monoisotopic (exact) mass is 477 g/mol. The molecule has 0 aliphatic heterocycles. The summed E-state index contributed by atoms with van der Waals surface area (Å²) in [6, 6.07) is 14.2. The van der Waals surface area contributed by atoms with E-state index < -0.39 is 0 Å². The van der Waals surface area contributed by atoms with Crippen LogP contribution in [0.2, 0.25) is 0 Å². The largest absolute Gasteiger partial charge is 0.495 e. The maximum atomic E-state index is 6.41. The lowest BCUT2D eigenvalue weighted by molar-refractivity contribution is 0.172. The zero-order chi connectivity index (χ0) is 23.9. The molecule has 7 heteroatoms. The quantitative estimate of drug-likeness (QED) is 0.242. The highest BCUT2D eigenvalue weighted by atomic mass is 32.1. The highest BCUT2D eigenvalue weighted by Crippen LogP contribution is 2.38. The number of nitrogens with one attached hydrogen (secondary N) is 1. The molecule has 1 N–H and O–H groups in total. The molecule has 4 aromatic rings. The van der Waals surface area contributed by atoms with Crippen LogP contribution in [0.4, 0.5) is 11.5 Å². The van der Waals surface area contributed by atoms with Crippen LogP contribution in [0.25, 0.3) is 21.3 Å². The number of benzene rings is 2. The van der Waals surface area contributed by atoms with Gasteiger partial charge >= 0.3 is 0 Å². The zero-order valence-corrected chi connectivity index (χ0v) is 20.9. The topological polar surface area (TPSA) is 65.5 Å². The second-order valence-electron chi connectivity index (χ2n) is 8.08. The van der Waals surface area contributed by atoms with E-state index in [1.807, 2.05) is 18.2 Å². The molecular weight excluding hydrogens is 446 g/mol. The Balaban J connectivity index is 1.74. The Morgan fingerprint density at radius 1 is 0.912 bits per heavy atom. The first-order chi connectivity index (χ1) is 16.7. The van der Waals surface area contributed by atoms with Crippen LogP contribution in [-0.4, -0.2) is 30.3 Å². The average Bonchev–Trinajstić information content (AvgIpc) is 3.39. The van der Waals surface area contributed by atoms with Crippen LogP contribution in [0.15, 0.2) is 54.2 Å². The Kier molecular flexibility index (Phi) is 7.85. The number of ether oxygens (including phenoxy) is 3. The summed E-state index contributed by atoms with van der Waals surface area (Å²) in [6.45, 7) is 4.36. The van der Waals surface area contributed by atoms with Gasteiger partial charge in [-0.2, -0.15) is 0 Å². The van der Waals surface area contributed by atoms with Crippen molar-refractivity contribution in [2.24, 2.45) is 0 Å². The molecule has 0 aliphatic rings. The van der Waals surface area contributed by atoms with Crippen LogP contribution in [0, 0.1) is 0 Å². The average molecular weight is 478 g/mol. The number of thiophene rings is 1. The van der Waals surface area contributed by atoms with Gasteiger partial charge in [0.2, 0.25) is 0 Å². The van der Waals surface area contributed by atoms with Crippen LogP contribution in [0.1, 0.15) is 39.5 Å². The molecule has 2 heterocycles. The standard InChI is InChI=1S/C27H31N3O3S/c1-5-8-19(9-6-2)33-25-15-20-21(16-24(25)32-4)28-17-29-27(20)30-22-14-18(11-12-23(22)31-3)26-10-7-13-34-26/h7,10-17,19H,5-6,8-9H2,1-4H3,(H,28,29,30). The predicted octanol–water partition coefficient (Wildman–Crippen LogP) is 7.47. The predicted molar refractivity (Wildman–Crippen MR) is 140 cm³/mol. The number of anilines is 2.